The normalized spacial score (nSPS) is 11.2. The van der Waals surface area contributed by atoms with Crippen LogP contribution in [0.2, 0.25) is 0 Å². The van der Waals surface area contributed by atoms with Crippen LogP contribution in [0.25, 0.3) is 0 Å². The summed E-state index contributed by atoms with van der Waals surface area (Å²) in [4.78, 5) is 17.2. The molecule has 0 spiro atoms. The molecule has 1 aromatic carbocycles. The molecule has 1 N–H and O–H groups in total. The van der Waals surface area contributed by atoms with E-state index in [0.717, 1.165) is 16.3 Å². The predicted molar refractivity (Wildman–Crippen MR) is 66.5 cm³/mol. The van der Waals surface area contributed by atoms with E-state index in [9.17, 15) is 13.2 Å². The molecule has 7 heteroatoms. The molecule has 1 rings (SSSR count). The van der Waals surface area contributed by atoms with Gasteiger partial charge in [-0.25, -0.2) is 8.42 Å². The highest BCUT2D eigenvalue weighted by molar-refractivity contribution is 9.10. The lowest BCUT2D eigenvalue weighted by molar-refractivity contribution is -0.147. The lowest BCUT2D eigenvalue weighted by Gasteiger charge is -2.03. The van der Waals surface area contributed by atoms with Crippen molar-refractivity contribution in [2.75, 3.05) is 6.26 Å². The Bertz CT molecular complexity index is 484. The standard InChI is InChI=1S/C10H12BrNO4S/c1-17(14,15)12-16-10(13)7-4-8-2-5-9(11)6-3-8/h2-3,5-6,12H,4,7H2,1H3. The number of sulfonamides is 1. The fourth-order valence-corrected chi connectivity index (χ4v) is 1.58. The van der Waals surface area contributed by atoms with Gasteiger partial charge in [-0.15, -0.1) is 0 Å². The average molecular weight is 322 g/mol. The molecule has 0 bridgehead atoms. The van der Waals surface area contributed by atoms with Crippen LogP contribution in [0, 0.1) is 0 Å². The average Bonchev–Trinajstić information content (AvgIpc) is 2.25. The van der Waals surface area contributed by atoms with Gasteiger partial charge in [0.25, 0.3) is 0 Å². The summed E-state index contributed by atoms with van der Waals surface area (Å²) in [7, 11) is -3.51. The number of halogens is 1. The summed E-state index contributed by atoms with van der Waals surface area (Å²) in [6, 6.07) is 7.49. The van der Waals surface area contributed by atoms with Crippen LogP contribution in [0.1, 0.15) is 12.0 Å². The maximum atomic E-state index is 11.2. The Morgan fingerprint density at radius 3 is 2.47 bits per heavy atom. The van der Waals surface area contributed by atoms with E-state index in [1.807, 2.05) is 24.3 Å². The van der Waals surface area contributed by atoms with Gasteiger partial charge in [0.15, 0.2) is 0 Å². The number of benzene rings is 1. The molecule has 0 saturated carbocycles. The second-order valence-corrected chi connectivity index (χ2v) is 6.08. The van der Waals surface area contributed by atoms with Crippen LogP contribution in [0.4, 0.5) is 0 Å². The Balaban J connectivity index is 2.36. The highest BCUT2D eigenvalue weighted by Crippen LogP contribution is 2.11. The summed E-state index contributed by atoms with van der Waals surface area (Å²) in [5.74, 6) is -0.613. The summed E-state index contributed by atoms with van der Waals surface area (Å²) in [5, 5.41) is 0. The van der Waals surface area contributed by atoms with Crippen LogP contribution in [0.15, 0.2) is 28.7 Å². The molecule has 0 aliphatic carbocycles. The Morgan fingerprint density at radius 1 is 1.35 bits per heavy atom. The minimum Gasteiger partial charge on any atom is -0.356 e. The lowest BCUT2D eigenvalue weighted by atomic mass is 10.1. The van der Waals surface area contributed by atoms with Crippen molar-refractivity contribution >= 4 is 31.9 Å². The van der Waals surface area contributed by atoms with Gasteiger partial charge in [-0.05, 0) is 29.0 Å². The minimum atomic E-state index is -3.51. The summed E-state index contributed by atoms with van der Waals surface area (Å²) in [6.07, 6.45) is 1.52. The van der Waals surface area contributed by atoms with Gasteiger partial charge in [0.05, 0.1) is 12.7 Å². The smallest absolute Gasteiger partial charge is 0.326 e. The Labute approximate surface area is 108 Å². The number of carbonyl (C=O) groups excluding carboxylic acids is 1. The maximum Gasteiger partial charge on any atom is 0.326 e. The number of nitrogens with one attached hydrogen (secondary N) is 1. The molecular weight excluding hydrogens is 310 g/mol. The van der Waals surface area contributed by atoms with E-state index in [1.54, 1.807) is 4.89 Å². The first-order valence-corrected chi connectivity index (χ1v) is 7.46. The molecule has 0 radical (unpaired) electrons. The van der Waals surface area contributed by atoms with E-state index >= 15 is 0 Å². The van der Waals surface area contributed by atoms with Crippen LogP contribution in [0.3, 0.4) is 0 Å². The van der Waals surface area contributed by atoms with Crippen LogP contribution in [0.5, 0.6) is 0 Å². The van der Waals surface area contributed by atoms with Gasteiger partial charge in [0, 0.05) is 4.47 Å². The Morgan fingerprint density at radius 2 is 1.94 bits per heavy atom. The molecule has 0 aromatic heterocycles. The molecule has 5 nitrogen and oxygen atoms in total. The molecule has 0 aliphatic rings. The molecule has 0 fully saturated rings. The summed E-state index contributed by atoms with van der Waals surface area (Å²) in [5.41, 5.74) is 0.976. The molecule has 0 atom stereocenters. The highest BCUT2D eigenvalue weighted by atomic mass is 79.9. The number of aryl methyl sites for hydroxylation is 1. The molecule has 94 valence electrons. The van der Waals surface area contributed by atoms with Crippen molar-refractivity contribution in [3.8, 4) is 0 Å². The maximum absolute atomic E-state index is 11.2. The van der Waals surface area contributed by atoms with Crippen molar-refractivity contribution < 1.29 is 18.0 Å². The van der Waals surface area contributed by atoms with Crippen molar-refractivity contribution in [3.05, 3.63) is 34.3 Å². The SMILES string of the molecule is CS(=O)(=O)NOC(=O)CCc1ccc(Br)cc1. The molecule has 1 aromatic rings. The number of hydrogen-bond donors (Lipinski definition) is 1. The minimum absolute atomic E-state index is 0.115. The van der Waals surface area contributed by atoms with Crippen LogP contribution in [-0.2, 0) is 26.1 Å². The molecule has 0 unspecified atom stereocenters. The van der Waals surface area contributed by atoms with E-state index < -0.39 is 16.0 Å². The number of rotatable bonds is 5. The van der Waals surface area contributed by atoms with Gasteiger partial charge in [0.1, 0.15) is 0 Å². The molecule has 0 heterocycles. The van der Waals surface area contributed by atoms with Crippen molar-refractivity contribution in [2.45, 2.75) is 12.8 Å². The fourth-order valence-electron chi connectivity index (χ4n) is 1.07. The summed E-state index contributed by atoms with van der Waals surface area (Å²) < 4.78 is 22.3. The first-order chi connectivity index (χ1) is 7.87. The zero-order valence-corrected chi connectivity index (χ0v) is 11.5. The van der Waals surface area contributed by atoms with Gasteiger partial charge < -0.3 is 4.84 Å². The second-order valence-electron chi connectivity index (χ2n) is 3.46. The first kappa shape index (κ1) is 14.1. The van der Waals surface area contributed by atoms with Gasteiger partial charge in [0.2, 0.25) is 10.0 Å². The largest absolute Gasteiger partial charge is 0.356 e. The predicted octanol–water partition coefficient (Wildman–Crippen LogP) is 1.39. The van der Waals surface area contributed by atoms with Crippen molar-refractivity contribution in [2.24, 2.45) is 0 Å². The quantitative estimate of drug-likeness (QED) is 0.832. The molecule has 0 amide bonds. The van der Waals surface area contributed by atoms with Crippen molar-refractivity contribution in [3.63, 3.8) is 0 Å². The van der Waals surface area contributed by atoms with E-state index in [1.165, 1.54) is 0 Å². The third kappa shape index (κ3) is 6.40. The Kier molecular flexibility index (Phi) is 5.10. The highest BCUT2D eigenvalue weighted by Gasteiger charge is 2.07. The zero-order valence-electron chi connectivity index (χ0n) is 9.14. The Hall–Kier alpha value is -0.920. The van der Waals surface area contributed by atoms with Gasteiger partial charge in [-0.1, -0.05) is 28.1 Å². The third-order valence-corrected chi connectivity index (χ3v) is 2.75. The van der Waals surface area contributed by atoms with Crippen molar-refractivity contribution in [1.82, 2.24) is 4.89 Å². The molecule has 0 saturated heterocycles. The monoisotopic (exact) mass is 321 g/mol. The van der Waals surface area contributed by atoms with Gasteiger partial charge in [-0.2, -0.15) is 0 Å². The molecule has 17 heavy (non-hydrogen) atoms. The second kappa shape index (κ2) is 6.13. The third-order valence-electron chi connectivity index (χ3n) is 1.84. The van der Waals surface area contributed by atoms with Gasteiger partial charge in [-0.3, -0.25) is 4.79 Å². The van der Waals surface area contributed by atoms with E-state index in [0.29, 0.717) is 6.42 Å². The molecule has 0 aliphatic heterocycles. The summed E-state index contributed by atoms with van der Waals surface area (Å²) in [6.45, 7) is 0. The number of carbonyl (C=O) groups is 1. The fraction of sp³-hybridized carbons (Fsp3) is 0.300. The van der Waals surface area contributed by atoms with Gasteiger partial charge >= 0.3 is 5.97 Å². The zero-order chi connectivity index (χ0) is 12.9. The van der Waals surface area contributed by atoms with E-state index in [-0.39, 0.29) is 6.42 Å². The van der Waals surface area contributed by atoms with E-state index in [4.69, 9.17) is 0 Å². The van der Waals surface area contributed by atoms with E-state index in [2.05, 4.69) is 20.8 Å². The molecular formula is C10H12BrNO4S. The first-order valence-electron chi connectivity index (χ1n) is 4.78. The summed E-state index contributed by atoms with van der Waals surface area (Å²) >= 11 is 3.30. The van der Waals surface area contributed by atoms with Crippen molar-refractivity contribution in [1.29, 1.82) is 0 Å². The number of hydrogen-bond acceptors (Lipinski definition) is 4. The lowest BCUT2D eigenvalue weighted by Crippen LogP contribution is -2.26. The topological polar surface area (TPSA) is 72.5 Å². The van der Waals surface area contributed by atoms with Crippen LogP contribution in [-0.4, -0.2) is 20.6 Å². The van der Waals surface area contributed by atoms with Crippen LogP contribution < -0.4 is 4.89 Å². The van der Waals surface area contributed by atoms with Crippen LogP contribution >= 0.6 is 15.9 Å².